The van der Waals surface area contributed by atoms with Crippen molar-refractivity contribution in [2.75, 3.05) is 7.11 Å². The van der Waals surface area contributed by atoms with Crippen LogP contribution in [0.3, 0.4) is 0 Å². The normalized spacial score (nSPS) is 11.3. The number of hydrogen-bond donors (Lipinski definition) is 0. The predicted molar refractivity (Wildman–Crippen MR) is 50.8 cm³/mol. The van der Waals surface area contributed by atoms with E-state index in [1.807, 2.05) is 0 Å². The van der Waals surface area contributed by atoms with Crippen LogP contribution in [-0.4, -0.2) is 15.5 Å². The SMILES string of the molecule is COc1cccc(S(=O)(=O)Cl)c1C. The van der Waals surface area contributed by atoms with Gasteiger partial charge in [0.25, 0.3) is 9.05 Å². The van der Waals surface area contributed by atoms with Gasteiger partial charge in [0.15, 0.2) is 0 Å². The Hall–Kier alpha value is -0.740. The van der Waals surface area contributed by atoms with Crippen LogP contribution >= 0.6 is 10.7 Å². The van der Waals surface area contributed by atoms with Crippen molar-refractivity contribution in [1.82, 2.24) is 0 Å². The third-order valence-corrected chi connectivity index (χ3v) is 3.18. The molecule has 5 heteroatoms. The summed E-state index contributed by atoms with van der Waals surface area (Å²) in [6, 6.07) is 4.71. The first-order valence-corrected chi connectivity index (χ1v) is 5.86. The van der Waals surface area contributed by atoms with Gasteiger partial charge in [-0.1, -0.05) is 6.07 Å². The summed E-state index contributed by atoms with van der Waals surface area (Å²) >= 11 is 0. The number of rotatable bonds is 2. The monoisotopic (exact) mass is 220 g/mol. The van der Waals surface area contributed by atoms with Crippen LogP contribution in [0.2, 0.25) is 0 Å². The van der Waals surface area contributed by atoms with Crippen molar-refractivity contribution in [2.24, 2.45) is 0 Å². The van der Waals surface area contributed by atoms with Crippen LogP contribution in [0.25, 0.3) is 0 Å². The quantitative estimate of drug-likeness (QED) is 0.716. The Bertz CT molecular complexity index is 411. The summed E-state index contributed by atoms with van der Waals surface area (Å²) < 4.78 is 27.0. The first-order valence-electron chi connectivity index (χ1n) is 3.55. The van der Waals surface area contributed by atoms with Crippen LogP contribution in [-0.2, 0) is 9.05 Å². The fraction of sp³-hybridized carbons (Fsp3) is 0.250. The van der Waals surface area contributed by atoms with Crippen LogP contribution in [0.15, 0.2) is 23.1 Å². The van der Waals surface area contributed by atoms with Gasteiger partial charge in [-0.05, 0) is 19.1 Å². The molecule has 0 saturated carbocycles. The average molecular weight is 221 g/mol. The van der Waals surface area contributed by atoms with Gasteiger partial charge in [0, 0.05) is 16.2 Å². The van der Waals surface area contributed by atoms with E-state index in [0.717, 1.165) is 0 Å². The molecule has 0 amide bonds. The zero-order chi connectivity index (χ0) is 10.1. The summed E-state index contributed by atoms with van der Waals surface area (Å²) in [4.78, 5) is 0.0912. The fourth-order valence-corrected chi connectivity index (χ4v) is 2.29. The number of benzene rings is 1. The Morgan fingerprint density at radius 2 is 2.00 bits per heavy atom. The van der Waals surface area contributed by atoms with Crippen molar-refractivity contribution in [3.8, 4) is 5.75 Å². The maximum absolute atomic E-state index is 11.0. The minimum absolute atomic E-state index is 0.0912. The maximum atomic E-state index is 11.0. The summed E-state index contributed by atoms with van der Waals surface area (Å²) in [7, 11) is 3.01. The van der Waals surface area contributed by atoms with Crippen LogP contribution in [0, 0.1) is 6.92 Å². The van der Waals surface area contributed by atoms with Gasteiger partial charge in [0.2, 0.25) is 0 Å². The smallest absolute Gasteiger partial charge is 0.261 e. The van der Waals surface area contributed by atoms with Crippen molar-refractivity contribution in [2.45, 2.75) is 11.8 Å². The predicted octanol–water partition coefficient (Wildman–Crippen LogP) is 1.93. The molecular formula is C8H9ClO3S. The molecule has 0 N–H and O–H groups in total. The molecule has 0 aliphatic carbocycles. The zero-order valence-corrected chi connectivity index (χ0v) is 8.82. The van der Waals surface area contributed by atoms with Gasteiger partial charge in [0.05, 0.1) is 12.0 Å². The van der Waals surface area contributed by atoms with E-state index in [2.05, 4.69) is 0 Å². The molecule has 72 valence electrons. The Kier molecular flexibility index (Phi) is 2.83. The van der Waals surface area contributed by atoms with Gasteiger partial charge in [0.1, 0.15) is 5.75 Å². The molecule has 0 unspecified atom stereocenters. The van der Waals surface area contributed by atoms with E-state index >= 15 is 0 Å². The highest BCUT2D eigenvalue weighted by Gasteiger charge is 2.15. The van der Waals surface area contributed by atoms with E-state index in [1.54, 1.807) is 19.1 Å². The zero-order valence-electron chi connectivity index (χ0n) is 7.24. The molecule has 0 atom stereocenters. The van der Waals surface area contributed by atoms with Crippen molar-refractivity contribution in [1.29, 1.82) is 0 Å². The molecule has 1 rings (SSSR count). The molecular weight excluding hydrogens is 212 g/mol. The number of methoxy groups -OCH3 is 1. The largest absolute Gasteiger partial charge is 0.496 e. The first kappa shape index (κ1) is 10.3. The minimum atomic E-state index is -3.67. The highest BCUT2D eigenvalue weighted by Crippen LogP contribution is 2.26. The molecule has 0 bridgehead atoms. The second kappa shape index (κ2) is 3.55. The first-order chi connectivity index (χ1) is 5.96. The standard InChI is InChI=1S/C8H9ClO3S/c1-6-7(12-2)4-3-5-8(6)13(9,10)11/h3-5H,1-2H3. The molecule has 1 aromatic rings. The average Bonchev–Trinajstić information content (AvgIpc) is 2.02. The van der Waals surface area contributed by atoms with E-state index < -0.39 is 9.05 Å². The topological polar surface area (TPSA) is 43.4 Å². The van der Waals surface area contributed by atoms with Crippen molar-refractivity contribution < 1.29 is 13.2 Å². The third kappa shape index (κ3) is 2.14. The fourth-order valence-electron chi connectivity index (χ4n) is 1.08. The molecule has 1 aromatic carbocycles. The van der Waals surface area contributed by atoms with Gasteiger partial charge >= 0.3 is 0 Å². The summed E-state index contributed by atoms with van der Waals surface area (Å²) in [5.41, 5.74) is 0.528. The Morgan fingerprint density at radius 3 is 2.46 bits per heavy atom. The lowest BCUT2D eigenvalue weighted by atomic mass is 10.2. The molecule has 0 aliphatic rings. The summed E-state index contributed by atoms with van der Waals surface area (Å²) in [5, 5.41) is 0. The van der Waals surface area contributed by atoms with Crippen molar-refractivity contribution in [3.05, 3.63) is 23.8 Å². The lowest BCUT2D eigenvalue weighted by Gasteiger charge is -2.06. The summed E-state index contributed by atoms with van der Waals surface area (Å²) in [6.07, 6.45) is 0. The minimum Gasteiger partial charge on any atom is -0.496 e. The number of ether oxygens (including phenoxy) is 1. The molecule has 3 nitrogen and oxygen atoms in total. The van der Waals surface area contributed by atoms with E-state index in [1.165, 1.54) is 13.2 Å². The number of hydrogen-bond acceptors (Lipinski definition) is 3. The Morgan fingerprint density at radius 1 is 1.38 bits per heavy atom. The lowest BCUT2D eigenvalue weighted by molar-refractivity contribution is 0.410. The summed E-state index contributed by atoms with van der Waals surface area (Å²) in [5.74, 6) is 0.515. The third-order valence-electron chi connectivity index (χ3n) is 1.72. The summed E-state index contributed by atoms with van der Waals surface area (Å²) in [6.45, 7) is 1.65. The van der Waals surface area contributed by atoms with Gasteiger partial charge in [-0.2, -0.15) is 0 Å². The Balaban J connectivity index is 3.41. The van der Waals surface area contributed by atoms with E-state index in [-0.39, 0.29) is 4.90 Å². The highest BCUT2D eigenvalue weighted by molar-refractivity contribution is 8.13. The van der Waals surface area contributed by atoms with Crippen LogP contribution in [0.5, 0.6) is 5.75 Å². The van der Waals surface area contributed by atoms with Crippen LogP contribution in [0.1, 0.15) is 5.56 Å². The molecule has 0 radical (unpaired) electrons. The molecule has 0 saturated heterocycles. The molecule has 0 aromatic heterocycles. The van der Waals surface area contributed by atoms with Crippen LogP contribution < -0.4 is 4.74 Å². The second-order valence-corrected chi connectivity index (χ2v) is 5.06. The van der Waals surface area contributed by atoms with E-state index in [0.29, 0.717) is 11.3 Å². The Labute approximate surface area is 81.7 Å². The number of halogens is 1. The van der Waals surface area contributed by atoms with Crippen molar-refractivity contribution in [3.63, 3.8) is 0 Å². The van der Waals surface area contributed by atoms with Gasteiger partial charge in [-0.15, -0.1) is 0 Å². The van der Waals surface area contributed by atoms with Gasteiger partial charge < -0.3 is 4.74 Å². The molecule has 13 heavy (non-hydrogen) atoms. The van der Waals surface area contributed by atoms with Gasteiger partial charge in [-0.25, -0.2) is 8.42 Å². The highest BCUT2D eigenvalue weighted by atomic mass is 35.7. The molecule has 0 spiro atoms. The maximum Gasteiger partial charge on any atom is 0.261 e. The van der Waals surface area contributed by atoms with Crippen LogP contribution in [0.4, 0.5) is 0 Å². The van der Waals surface area contributed by atoms with E-state index in [9.17, 15) is 8.42 Å². The van der Waals surface area contributed by atoms with Crippen molar-refractivity contribution >= 4 is 19.7 Å². The molecule has 0 heterocycles. The molecule has 0 fully saturated rings. The lowest BCUT2D eigenvalue weighted by Crippen LogP contribution is -1.96. The molecule has 0 aliphatic heterocycles. The second-order valence-electron chi connectivity index (χ2n) is 2.52. The van der Waals surface area contributed by atoms with E-state index in [4.69, 9.17) is 15.4 Å². The van der Waals surface area contributed by atoms with Gasteiger partial charge in [-0.3, -0.25) is 0 Å².